The number of rotatable bonds is 4. The normalized spacial score (nSPS) is 18.2. The Morgan fingerprint density at radius 2 is 2.24 bits per heavy atom. The summed E-state index contributed by atoms with van der Waals surface area (Å²) in [6, 6.07) is 1.92. The minimum absolute atomic E-state index is 0.136. The van der Waals surface area contributed by atoms with E-state index in [1.54, 1.807) is 12.5 Å². The van der Waals surface area contributed by atoms with Gasteiger partial charge in [0.15, 0.2) is 0 Å². The first-order chi connectivity index (χ1) is 12.0. The molecule has 1 aliphatic rings. The lowest BCUT2D eigenvalue weighted by Crippen LogP contribution is -2.37. The van der Waals surface area contributed by atoms with Crippen molar-refractivity contribution in [1.82, 2.24) is 24.6 Å². The molecule has 2 aromatic heterocycles. The van der Waals surface area contributed by atoms with Gasteiger partial charge in [0.2, 0.25) is 5.91 Å². The molecular weight excluding hydrogens is 318 g/mol. The third-order valence-corrected chi connectivity index (χ3v) is 4.82. The Bertz CT molecular complexity index is 729. The minimum Gasteiger partial charge on any atom is -0.379 e. The molecule has 0 saturated carbocycles. The van der Waals surface area contributed by atoms with Crippen LogP contribution in [0, 0.1) is 19.8 Å². The van der Waals surface area contributed by atoms with Crippen LogP contribution in [0.5, 0.6) is 0 Å². The van der Waals surface area contributed by atoms with Crippen molar-refractivity contribution in [2.45, 2.75) is 26.7 Å². The predicted molar refractivity (Wildman–Crippen MR) is 93.0 cm³/mol. The van der Waals surface area contributed by atoms with Crippen molar-refractivity contribution in [1.29, 1.82) is 0 Å². The second-order valence-electron chi connectivity index (χ2n) is 6.64. The molecule has 0 spiro atoms. The third-order valence-electron chi connectivity index (χ3n) is 4.82. The Morgan fingerprint density at radius 3 is 2.92 bits per heavy atom. The van der Waals surface area contributed by atoms with Crippen LogP contribution >= 0.6 is 0 Å². The second kappa shape index (κ2) is 7.74. The molecule has 3 rings (SSSR count). The lowest BCUT2D eigenvalue weighted by molar-refractivity contribution is -0.130. The first-order valence-corrected chi connectivity index (χ1v) is 8.64. The number of hydrogen-bond acceptors (Lipinski definition) is 5. The summed E-state index contributed by atoms with van der Waals surface area (Å²) in [6.45, 7) is 6.53. The van der Waals surface area contributed by atoms with Crippen LogP contribution in [0.2, 0.25) is 0 Å². The molecule has 1 aliphatic heterocycles. The smallest absolute Gasteiger partial charge is 0.227 e. The Morgan fingerprint density at radius 1 is 1.40 bits per heavy atom. The number of carbonyl (C=O) groups is 1. The van der Waals surface area contributed by atoms with Gasteiger partial charge in [0.05, 0.1) is 25.3 Å². The van der Waals surface area contributed by atoms with Crippen LogP contribution in [0.3, 0.4) is 0 Å². The molecule has 25 heavy (non-hydrogen) atoms. The van der Waals surface area contributed by atoms with Gasteiger partial charge < -0.3 is 9.64 Å². The summed E-state index contributed by atoms with van der Waals surface area (Å²) in [5, 5.41) is 4.41. The number of aryl methyl sites for hydroxylation is 2. The summed E-state index contributed by atoms with van der Waals surface area (Å²) in [6.07, 6.45) is 4.49. The van der Waals surface area contributed by atoms with Crippen molar-refractivity contribution in [3.8, 4) is 0 Å². The van der Waals surface area contributed by atoms with E-state index in [9.17, 15) is 4.79 Å². The molecule has 2 aromatic rings. The van der Waals surface area contributed by atoms with Crippen molar-refractivity contribution in [3.05, 3.63) is 41.2 Å². The molecule has 7 nitrogen and oxygen atoms in total. The van der Waals surface area contributed by atoms with Crippen LogP contribution in [0.1, 0.15) is 22.6 Å². The van der Waals surface area contributed by atoms with E-state index in [1.165, 1.54) is 0 Å². The summed E-state index contributed by atoms with van der Waals surface area (Å²) < 4.78 is 7.54. The molecule has 0 bridgehead atoms. The van der Waals surface area contributed by atoms with E-state index in [-0.39, 0.29) is 11.8 Å². The van der Waals surface area contributed by atoms with E-state index >= 15 is 0 Å². The quantitative estimate of drug-likeness (QED) is 0.831. The lowest BCUT2D eigenvalue weighted by atomic mass is 10.0. The van der Waals surface area contributed by atoms with E-state index in [1.807, 2.05) is 36.5 Å². The molecule has 1 fully saturated rings. The lowest BCUT2D eigenvalue weighted by Gasteiger charge is -2.23. The molecular formula is C18H25N5O2. The standard InChI is InChI=1S/C18H25N5O2/c1-13-17(14(2)22(3)21-13)9-18(24)23-6-7-25-11-15(10-23)8-16-4-5-19-12-20-16/h4-5,12,15H,6-11H2,1-3H3/t15-/m0/s1. The van der Waals surface area contributed by atoms with Gasteiger partial charge in [-0.25, -0.2) is 9.97 Å². The summed E-state index contributed by atoms with van der Waals surface area (Å²) in [5.74, 6) is 0.384. The number of carbonyl (C=O) groups excluding carboxylic acids is 1. The van der Waals surface area contributed by atoms with Gasteiger partial charge in [0.1, 0.15) is 6.33 Å². The summed E-state index contributed by atoms with van der Waals surface area (Å²) in [4.78, 5) is 23.0. The maximum atomic E-state index is 12.8. The highest BCUT2D eigenvalue weighted by atomic mass is 16.5. The van der Waals surface area contributed by atoms with Crippen LogP contribution in [0.4, 0.5) is 0 Å². The number of nitrogens with zero attached hydrogens (tertiary/aromatic N) is 5. The van der Waals surface area contributed by atoms with E-state index in [0.29, 0.717) is 32.7 Å². The molecule has 7 heteroatoms. The molecule has 0 aliphatic carbocycles. The highest BCUT2D eigenvalue weighted by molar-refractivity contribution is 5.79. The van der Waals surface area contributed by atoms with Gasteiger partial charge >= 0.3 is 0 Å². The zero-order valence-corrected chi connectivity index (χ0v) is 15.1. The zero-order chi connectivity index (χ0) is 17.8. The number of ether oxygens (including phenoxy) is 1. The van der Waals surface area contributed by atoms with Gasteiger partial charge in [-0.3, -0.25) is 9.48 Å². The monoisotopic (exact) mass is 343 g/mol. The van der Waals surface area contributed by atoms with E-state index in [0.717, 1.165) is 29.1 Å². The van der Waals surface area contributed by atoms with Gasteiger partial charge in [-0.05, 0) is 26.3 Å². The van der Waals surface area contributed by atoms with Crippen molar-refractivity contribution in [2.24, 2.45) is 13.0 Å². The Hall–Kier alpha value is -2.28. The van der Waals surface area contributed by atoms with Crippen LogP contribution in [0.15, 0.2) is 18.6 Å². The van der Waals surface area contributed by atoms with Crippen molar-refractivity contribution < 1.29 is 9.53 Å². The first kappa shape index (κ1) is 17.5. The fourth-order valence-electron chi connectivity index (χ4n) is 3.30. The highest BCUT2D eigenvalue weighted by Gasteiger charge is 2.24. The molecule has 0 radical (unpaired) electrons. The largest absolute Gasteiger partial charge is 0.379 e. The van der Waals surface area contributed by atoms with E-state index in [2.05, 4.69) is 15.1 Å². The number of hydrogen-bond donors (Lipinski definition) is 0. The van der Waals surface area contributed by atoms with Crippen LogP contribution < -0.4 is 0 Å². The molecule has 1 amide bonds. The summed E-state index contributed by atoms with van der Waals surface area (Å²) in [5.41, 5.74) is 3.99. The molecule has 134 valence electrons. The predicted octanol–water partition coefficient (Wildman–Crippen LogP) is 1.09. The van der Waals surface area contributed by atoms with Gasteiger partial charge in [0.25, 0.3) is 0 Å². The summed E-state index contributed by atoms with van der Waals surface area (Å²) >= 11 is 0. The molecule has 1 atom stereocenters. The Labute approximate surface area is 148 Å². The Balaban J connectivity index is 1.66. The van der Waals surface area contributed by atoms with Crippen LogP contribution in [0.25, 0.3) is 0 Å². The van der Waals surface area contributed by atoms with Crippen molar-refractivity contribution >= 4 is 5.91 Å². The number of aromatic nitrogens is 4. The summed E-state index contributed by atoms with van der Waals surface area (Å²) in [7, 11) is 1.91. The number of amides is 1. The SMILES string of the molecule is Cc1nn(C)c(C)c1CC(=O)N1CCOC[C@@H](Cc2ccncn2)C1. The van der Waals surface area contributed by atoms with E-state index < -0.39 is 0 Å². The third kappa shape index (κ3) is 4.22. The molecule has 1 saturated heterocycles. The second-order valence-corrected chi connectivity index (χ2v) is 6.64. The van der Waals surface area contributed by atoms with Gasteiger partial charge in [0, 0.05) is 49.2 Å². The fourth-order valence-corrected chi connectivity index (χ4v) is 3.30. The minimum atomic E-state index is 0.136. The fraction of sp³-hybridized carbons (Fsp3) is 0.556. The van der Waals surface area contributed by atoms with Gasteiger partial charge in [-0.1, -0.05) is 0 Å². The van der Waals surface area contributed by atoms with Crippen LogP contribution in [-0.2, 0) is 29.4 Å². The first-order valence-electron chi connectivity index (χ1n) is 8.64. The van der Waals surface area contributed by atoms with Crippen LogP contribution in [-0.4, -0.2) is 56.9 Å². The maximum Gasteiger partial charge on any atom is 0.227 e. The average Bonchev–Trinajstić information content (AvgIpc) is 2.78. The average molecular weight is 343 g/mol. The maximum absolute atomic E-state index is 12.8. The highest BCUT2D eigenvalue weighted by Crippen LogP contribution is 2.17. The molecule has 0 aromatic carbocycles. The van der Waals surface area contributed by atoms with Crippen molar-refractivity contribution in [2.75, 3.05) is 26.3 Å². The molecule has 3 heterocycles. The van der Waals surface area contributed by atoms with E-state index in [4.69, 9.17) is 4.74 Å². The van der Waals surface area contributed by atoms with Crippen molar-refractivity contribution in [3.63, 3.8) is 0 Å². The van der Waals surface area contributed by atoms with Gasteiger partial charge in [-0.15, -0.1) is 0 Å². The molecule has 0 N–H and O–H groups in total. The Kier molecular flexibility index (Phi) is 5.43. The topological polar surface area (TPSA) is 73.1 Å². The van der Waals surface area contributed by atoms with Gasteiger partial charge in [-0.2, -0.15) is 5.10 Å². The molecule has 0 unspecified atom stereocenters. The zero-order valence-electron chi connectivity index (χ0n) is 15.1.